The molecule has 0 spiro atoms. The molecule has 2 heterocycles. The summed E-state index contributed by atoms with van der Waals surface area (Å²) in [6.45, 7) is 0.421. The van der Waals surface area contributed by atoms with Gasteiger partial charge in [-0.2, -0.15) is 13.2 Å². The first-order valence-corrected chi connectivity index (χ1v) is 18.1. The van der Waals surface area contributed by atoms with Crippen molar-refractivity contribution in [1.29, 1.82) is 0 Å². The molecule has 1 aromatic carbocycles. The number of anilines is 1. The van der Waals surface area contributed by atoms with E-state index in [1.54, 1.807) is 31.3 Å². The van der Waals surface area contributed by atoms with Crippen molar-refractivity contribution in [1.82, 2.24) is 19.9 Å². The predicted molar refractivity (Wildman–Crippen MR) is 174 cm³/mol. The fourth-order valence-electron chi connectivity index (χ4n) is 6.75. The number of aromatic nitrogens is 1. The Labute approximate surface area is 287 Å². The smallest absolute Gasteiger partial charge is 0.416 e. The molecular weight excluding hydrogens is 679 g/mol. The van der Waals surface area contributed by atoms with Gasteiger partial charge in [-0.15, -0.1) is 0 Å². The summed E-state index contributed by atoms with van der Waals surface area (Å²) in [5, 5.41) is 4.50. The molecule has 2 aromatic rings. The van der Waals surface area contributed by atoms with Gasteiger partial charge in [-0.3, -0.25) is 29.4 Å². The zero-order valence-corrected chi connectivity index (χ0v) is 28.1. The number of carbonyl (C=O) groups is 4. The normalized spacial score (nSPS) is 27.3. The first-order valence-electron chi connectivity index (χ1n) is 16.6. The van der Waals surface area contributed by atoms with E-state index in [0.29, 0.717) is 37.9 Å². The molecule has 16 heteroatoms. The molecule has 4 aliphatic rings. The molecule has 3 fully saturated rings. The van der Waals surface area contributed by atoms with E-state index in [4.69, 9.17) is 4.74 Å². The second kappa shape index (κ2) is 13.7. The zero-order valence-electron chi connectivity index (χ0n) is 27.2. The average Bonchev–Trinajstić information content (AvgIpc) is 3.99. The molecule has 268 valence electrons. The predicted octanol–water partition coefficient (Wildman–Crippen LogP) is 4.39. The summed E-state index contributed by atoms with van der Waals surface area (Å²) in [6, 6.07) is 7.70. The molecule has 0 bridgehead atoms. The Morgan fingerprint density at radius 1 is 1.08 bits per heavy atom. The second-order valence-corrected chi connectivity index (χ2v) is 15.4. The minimum absolute atomic E-state index is 0.0526. The third kappa shape index (κ3) is 7.64. The van der Waals surface area contributed by atoms with Gasteiger partial charge in [0.2, 0.25) is 21.8 Å². The van der Waals surface area contributed by atoms with Gasteiger partial charge in [-0.05, 0) is 75.6 Å². The number of carbonyl (C=O) groups excluding carboxylic acids is 4. The highest BCUT2D eigenvalue weighted by Crippen LogP contribution is 2.47. The van der Waals surface area contributed by atoms with E-state index < -0.39 is 74.3 Å². The average molecular weight is 718 g/mol. The molecule has 1 aromatic heterocycles. The van der Waals surface area contributed by atoms with Crippen LogP contribution in [-0.4, -0.2) is 72.6 Å². The number of fused-ring (bicyclic) bond motifs is 2. The van der Waals surface area contributed by atoms with Crippen molar-refractivity contribution < 1.29 is 45.5 Å². The van der Waals surface area contributed by atoms with Gasteiger partial charge in [0.1, 0.15) is 11.6 Å². The van der Waals surface area contributed by atoms with Gasteiger partial charge < -0.3 is 15.0 Å². The maximum Gasteiger partial charge on any atom is 0.416 e. The standard InChI is InChI=1S/C34H38F3N5O7S/c1-42-15-7-3-2-4-8-21-19-33(21,31(45)41-50(47,48)23-11-12-23)40-29(43)25-17-22(18-26(25)30(42)44)49-32(46)39-28-16-20(34(35,36)37)10-13-24(28)27-9-5-6-14-38-27/h4-6,8-10,13-14,16,21-23,25-26H,2-3,7,11-12,15,17-19H2,1H3,(H,39,46)(H,40,43)(H,41,45)/t21-,22-,25-,26-,33-/m1/s1. The van der Waals surface area contributed by atoms with Crippen LogP contribution in [0.1, 0.15) is 56.9 Å². The summed E-state index contributed by atoms with van der Waals surface area (Å²) >= 11 is 0. The number of allylic oxidation sites excluding steroid dienone is 1. The highest BCUT2D eigenvalue weighted by Gasteiger charge is 2.62. The van der Waals surface area contributed by atoms with Gasteiger partial charge in [0.15, 0.2) is 0 Å². The number of sulfonamides is 1. The van der Waals surface area contributed by atoms with Crippen LogP contribution in [0, 0.1) is 17.8 Å². The number of ether oxygens (including phenoxy) is 1. The third-order valence-corrected chi connectivity index (χ3v) is 11.6. The Kier molecular flexibility index (Phi) is 9.68. The van der Waals surface area contributed by atoms with Crippen LogP contribution in [0.3, 0.4) is 0 Å². The third-order valence-electron chi connectivity index (χ3n) is 9.79. The van der Waals surface area contributed by atoms with Crippen LogP contribution >= 0.6 is 0 Å². The van der Waals surface area contributed by atoms with E-state index in [-0.39, 0.29) is 36.4 Å². The number of pyridine rings is 1. The maximum atomic E-state index is 13.9. The second-order valence-electron chi connectivity index (χ2n) is 13.4. The first kappa shape index (κ1) is 35.4. The van der Waals surface area contributed by atoms with Crippen molar-refractivity contribution >= 4 is 39.5 Å². The minimum Gasteiger partial charge on any atom is -0.446 e. The Hall–Kier alpha value is -4.47. The van der Waals surface area contributed by atoms with Gasteiger partial charge in [-0.25, -0.2) is 13.2 Å². The molecular formula is C34H38F3N5O7S. The number of amides is 4. The summed E-state index contributed by atoms with van der Waals surface area (Å²) in [5.41, 5.74) is -2.20. The Morgan fingerprint density at radius 3 is 2.54 bits per heavy atom. The monoisotopic (exact) mass is 717 g/mol. The summed E-state index contributed by atoms with van der Waals surface area (Å²) < 4.78 is 73.8. The van der Waals surface area contributed by atoms with E-state index >= 15 is 0 Å². The van der Waals surface area contributed by atoms with Gasteiger partial charge >= 0.3 is 12.3 Å². The molecule has 50 heavy (non-hydrogen) atoms. The molecule has 3 aliphatic carbocycles. The van der Waals surface area contributed by atoms with Gasteiger partial charge in [0, 0.05) is 31.3 Å². The molecule has 12 nitrogen and oxygen atoms in total. The van der Waals surface area contributed by atoms with Crippen molar-refractivity contribution in [3.8, 4) is 11.3 Å². The van der Waals surface area contributed by atoms with E-state index in [1.165, 1.54) is 17.2 Å². The van der Waals surface area contributed by atoms with Crippen LogP contribution in [0.5, 0.6) is 0 Å². The molecule has 0 saturated heterocycles. The van der Waals surface area contributed by atoms with Crippen molar-refractivity contribution in [3.63, 3.8) is 0 Å². The lowest BCUT2D eigenvalue weighted by atomic mass is 9.93. The summed E-state index contributed by atoms with van der Waals surface area (Å²) in [5.74, 6) is -4.30. The highest BCUT2D eigenvalue weighted by atomic mass is 32.2. The molecule has 0 radical (unpaired) electrons. The molecule has 0 unspecified atom stereocenters. The highest BCUT2D eigenvalue weighted by molar-refractivity contribution is 7.91. The maximum absolute atomic E-state index is 13.9. The van der Waals surface area contributed by atoms with Crippen LogP contribution < -0.4 is 15.4 Å². The lowest BCUT2D eigenvalue weighted by molar-refractivity contribution is -0.140. The van der Waals surface area contributed by atoms with Gasteiger partial charge in [0.25, 0.3) is 5.91 Å². The topological polar surface area (TPSA) is 164 Å². The number of nitrogens with zero attached hydrogens (tertiary/aromatic N) is 2. The van der Waals surface area contributed by atoms with Crippen LogP contribution in [0.4, 0.5) is 23.7 Å². The largest absolute Gasteiger partial charge is 0.446 e. The molecule has 4 amide bonds. The van der Waals surface area contributed by atoms with Crippen LogP contribution in [0.25, 0.3) is 11.3 Å². The number of alkyl halides is 3. The Balaban J connectivity index is 1.22. The van der Waals surface area contributed by atoms with Gasteiger partial charge in [0.05, 0.1) is 34.0 Å². The molecule has 3 N–H and O–H groups in total. The van der Waals surface area contributed by atoms with Crippen LogP contribution in [0.2, 0.25) is 0 Å². The van der Waals surface area contributed by atoms with Crippen LogP contribution in [-0.2, 0) is 35.3 Å². The molecule has 6 rings (SSSR count). The van der Waals surface area contributed by atoms with E-state index in [9.17, 15) is 40.8 Å². The number of rotatable bonds is 6. The van der Waals surface area contributed by atoms with Crippen molar-refractivity contribution in [2.24, 2.45) is 17.8 Å². The van der Waals surface area contributed by atoms with Gasteiger partial charge in [-0.1, -0.05) is 24.3 Å². The fraction of sp³-hybridized carbons (Fsp3) is 0.500. The zero-order chi connectivity index (χ0) is 35.8. The van der Waals surface area contributed by atoms with E-state index in [2.05, 4.69) is 20.3 Å². The summed E-state index contributed by atoms with van der Waals surface area (Å²) in [4.78, 5) is 59.9. The Bertz CT molecular complexity index is 1800. The first-order chi connectivity index (χ1) is 23.7. The lowest BCUT2D eigenvalue weighted by Gasteiger charge is -2.26. The van der Waals surface area contributed by atoms with Crippen molar-refractivity contribution in [2.75, 3.05) is 18.9 Å². The lowest BCUT2D eigenvalue weighted by Crippen LogP contribution is -2.54. The molecule has 1 aliphatic heterocycles. The SMILES string of the molecule is CN1CCCCC=C[C@@H]2C[C@@]2(C(=O)NS(=O)(=O)C2CC2)NC(=O)[C@@H]2C[C@@H](OC(=O)Nc3cc(C(F)(F)F)ccc3-c3ccccn3)C[C@H]2C1=O. The fourth-order valence-corrected chi connectivity index (χ4v) is 8.12. The van der Waals surface area contributed by atoms with Crippen LogP contribution in [0.15, 0.2) is 54.7 Å². The summed E-state index contributed by atoms with van der Waals surface area (Å²) in [6.07, 6.45) is 1.35. The summed E-state index contributed by atoms with van der Waals surface area (Å²) in [7, 11) is -2.29. The van der Waals surface area contributed by atoms with Crippen molar-refractivity contribution in [3.05, 3.63) is 60.3 Å². The van der Waals surface area contributed by atoms with E-state index in [0.717, 1.165) is 18.6 Å². The number of halogens is 3. The molecule has 3 saturated carbocycles. The number of benzene rings is 1. The number of nitrogens with one attached hydrogen (secondary N) is 3. The van der Waals surface area contributed by atoms with Crippen molar-refractivity contribution in [2.45, 2.75) is 74.4 Å². The molecule has 5 atom stereocenters. The van der Waals surface area contributed by atoms with E-state index in [1.807, 2.05) is 6.08 Å². The Morgan fingerprint density at radius 2 is 1.84 bits per heavy atom. The number of hydrogen-bond donors (Lipinski definition) is 3. The quantitative estimate of drug-likeness (QED) is 0.371. The number of hydrogen-bond acceptors (Lipinski definition) is 8. The minimum atomic E-state index is -4.69.